The van der Waals surface area contributed by atoms with Crippen LogP contribution in [0.4, 0.5) is 5.69 Å². The minimum Gasteiger partial charge on any atom is -0.359 e. The molecule has 4 fully saturated rings. The Bertz CT molecular complexity index is 1120. The molecule has 5 atom stereocenters. The zero-order chi connectivity index (χ0) is 26.3. The molecule has 9 heteroatoms. The van der Waals surface area contributed by atoms with Crippen molar-refractivity contribution in [2.75, 3.05) is 31.5 Å². The van der Waals surface area contributed by atoms with E-state index in [0.29, 0.717) is 23.8 Å². The third-order valence-corrected chi connectivity index (χ3v) is 9.31. The number of benzene rings is 1. The summed E-state index contributed by atoms with van der Waals surface area (Å²) in [5, 5.41) is 6.70. The lowest BCUT2D eigenvalue weighted by atomic mass is 9.74. The molecule has 8 nitrogen and oxygen atoms in total. The van der Waals surface area contributed by atoms with E-state index in [0.717, 1.165) is 51.6 Å². The molecule has 3 saturated heterocycles. The van der Waals surface area contributed by atoms with E-state index < -0.39 is 29.6 Å². The first kappa shape index (κ1) is 25.8. The van der Waals surface area contributed by atoms with Crippen LogP contribution in [0.25, 0.3) is 0 Å². The Morgan fingerprint density at radius 1 is 1.03 bits per heavy atom. The van der Waals surface area contributed by atoms with Gasteiger partial charge < -0.3 is 25.2 Å². The molecule has 1 aromatic rings. The number of carbonyl (C=O) groups excluding carboxylic acids is 3. The summed E-state index contributed by atoms with van der Waals surface area (Å²) in [5.74, 6) is -2.06. The molecule has 38 heavy (non-hydrogen) atoms. The molecule has 4 heterocycles. The van der Waals surface area contributed by atoms with Gasteiger partial charge in [-0.15, -0.1) is 0 Å². The molecule has 0 radical (unpaired) electrons. The molecule has 4 aliphatic heterocycles. The first-order valence-corrected chi connectivity index (χ1v) is 14.6. The van der Waals surface area contributed by atoms with Crippen LogP contribution in [0.3, 0.4) is 0 Å². The molecule has 1 saturated carbocycles. The molecular formula is C29H37ClN4O4. The lowest BCUT2D eigenvalue weighted by molar-refractivity contribution is -0.141. The number of likely N-dealkylation sites (tertiary alicyclic amines) is 2. The highest BCUT2D eigenvalue weighted by molar-refractivity contribution is 6.30. The number of amides is 3. The maximum Gasteiger partial charge on any atom is 0.246 e. The molecule has 1 aliphatic carbocycles. The third kappa shape index (κ3) is 4.65. The van der Waals surface area contributed by atoms with Crippen LogP contribution >= 0.6 is 11.6 Å². The number of fused-ring (bicyclic) bond motifs is 1. The topological polar surface area (TPSA) is 91.0 Å². The standard InChI is InChI=1S/C29H37ClN4O4/c30-19-8-7-11-21(18-19)32-26(35)23-22-12-13-29(38-22)24(23)28(37)34(17-16-33-14-5-2-6-15-33)25(29)27(36)31-20-9-3-1-4-10-20/h7-8,11-13,18,20,22-25H,1-6,9-10,14-17H2,(H,31,36)(H,32,35)/t22-,23+,24-,25-,29-/m0/s1. The van der Waals surface area contributed by atoms with E-state index in [-0.39, 0.29) is 23.8 Å². The van der Waals surface area contributed by atoms with Gasteiger partial charge in [0, 0.05) is 29.8 Å². The first-order chi connectivity index (χ1) is 18.5. The van der Waals surface area contributed by atoms with E-state index in [1.165, 1.54) is 12.8 Å². The van der Waals surface area contributed by atoms with E-state index in [9.17, 15) is 14.4 Å². The van der Waals surface area contributed by atoms with Gasteiger partial charge in [0.25, 0.3) is 0 Å². The van der Waals surface area contributed by atoms with Gasteiger partial charge in [-0.2, -0.15) is 0 Å². The van der Waals surface area contributed by atoms with Crippen LogP contribution in [0.2, 0.25) is 5.02 Å². The predicted molar refractivity (Wildman–Crippen MR) is 145 cm³/mol. The van der Waals surface area contributed by atoms with E-state index in [4.69, 9.17) is 16.3 Å². The van der Waals surface area contributed by atoms with Gasteiger partial charge in [-0.3, -0.25) is 14.4 Å². The van der Waals surface area contributed by atoms with E-state index in [1.54, 1.807) is 29.2 Å². The molecular weight excluding hydrogens is 504 g/mol. The monoisotopic (exact) mass is 540 g/mol. The van der Waals surface area contributed by atoms with Crippen molar-refractivity contribution < 1.29 is 19.1 Å². The molecule has 5 aliphatic rings. The Kier molecular flexibility index (Phi) is 7.22. The van der Waals surface area contributed by atoms with Crippen molar-refractivity contribution >= 4 is 35.0 Å². The summed E-state index contributed by atoms with van der Waals surface area (Å²) in [4.78, 5) is 45.6. The quantitative estimate of drug-likeness (QED) is 0.518. The molecule has 0 unspecified atom stereocenters. The van der Waals surface area contributed by atoms with Crippen LogP contribution in [0, 0.1) is 11.8 Å². The molecule has 2 N–H and O–H groups in total. The molecule has 2 bridgehead atoms. The van der Waals surface area contributed by atoms with Crippen molar-refractivity contribution in [1.29, 1.82) is 0 Å². The Hall–Kier alpha value is -2.42. The molecule has 3 amide bonds. The van der Waals surface area contributed by atoms with Gasteiger partial charge in [-0.1, -0.05) is 55.5 Å². The van der Waals surface area contributed by atoms with Crippen LogP contribution in [0.5, 0.6) is 0 Å². The fourth-order valence-corrected chi connectivity index (χ4v) is 7.45. The smallest absolute Gasteiger partial charge is 0.246 e. The normalized spacial score (nSPS) is 33.0. The first-order valence-electron chi connectivity index (χ1n) is 14.2. The predicted octanol–water partition coefficient (Wildman–Crippen LogP) is 3.36. The van der Waals surface area contributed by atoms with Gasteiger partial charge >= 0.3 is 0 Å². The number of nitrogens with one attached hydrogen (secondary N) is 2. The second-order valence-corrected chi connectivity index (χ2v) is 11.9. The van der Waals surface area contributed by atoms with Crippen LogP contribution < -0.4 is 10.6 Å². The number of nitrogens with zero attached hydrogens (tertiary/aromatic N) is 2. The van der Waals surface area contributed by atoms with Crippen LogP contribution in [-0.2, 0) is 19.1 Å². The summed E-state index contributed by atoms with van der Waals surface area (Å²) in [6, 6.07) is 6.30. The van der Waals surface area contributed by atoms with Crippen molar-refractivity contribution in [1.82, 2.24) is 15.1 Å². The van der Waals surface area contributed by atoms with Crippen molar-refractivity contribution in [2.24, 2.45) is 11.8 Å². The average molecular weight is 541 g/mol. The summed E-state index contributed by atoms with van der Waals surface area (Å²) in [6.45, 7) is 3.19. The second-order valence-electron chi connectivity index (χ2n) is 11.5. The van der Waals surface area contributed by atoms with Crippen LogP contribution in [0.1, 0.15) is 51.4 Å². The van der Waals surface area contributed by atoms with Gasteiger partial charge in [0.05, 0.1) is 17.9 Å². The van der Waals surface area contributed by atoms with Crippen molar-refractivity contribution in [3.8, 4) is 0 Å². The lowest BCUT2D eigenvalue weighted by Crippen LogP contribution is -2.57. The number of halogens is 1. The fraction of sp³-hybridized carbons (Fsp3) is 0.621. The summed E-state index contributed by atoms with van der Waals surface area (Å²) in [6.07, 6.45) is 12.1. The Morgan fingerprint density at radius 2 is 1.79 bits per heavy atom. The Balaban J connectivity index is 1.27. The van der Waals surface area contributed by atoms with Crippen LogP contribution in [0.15, 0.2) is 36.4 Å². The van der Waals surface area contributed by atoms with Gasteiger partial charge in [-0.05, 0) is 57.0 Å². The number of rotatable bonds is 7. The SMILES string of the molecule is O=C(Nc1cccc(Cl)c1)[C@@H]1[C@@H]2C=C[C@]3(O2)[C@@H]1C(=O)N(CCN1CCCCC1)[C@H]3C(=O)NC1CCCCC1. The third-order valence-electron chi connectivity index (χ3n) is 9.07. The highest BCUT2D eigenvalue weighted by Crippen LogP contribution is 2.55. The Labute approximate surface area is 229 Å². The molecule has 0 aromatic heterocycles. The number of piperidine rings is 1. The van der Waals surface area contributed by atoms with Gasteiger partial charge in [0.15, 0.2) is 0 Å². The summed E-state index contributed by atoms with van der Waals surface area (Å²) < 4.78 is 6.46. The molecule has 1 spiro atoms. The molecule has 6 rings (SSSR count). The van der Waals surface area contributed by atoms with Gasteiger partial charge in [0.2, 0.25) is 17.7 Å². The lowest BCUT2D eigenvalue weighted by Gasteiger charge is -2.35. The maximum atomic E-state index is 14.1. The zero-order valence-corrected chi connectivity index (χ0v) is 22.5. The van der Waals surface area contributed by atoms with Crippen molar-refractivity contribution in [3.63, 3.8) is 0 Å². The number of ether oxygens (including phenoxy) is 1. The van der Waals surface area contributed by atoms with Crippen molar-refractivity contribution in [3.05, 3.63) is 41.4 Å². The minimum atomic E-state index is -1.13. The summed E-state index contributed by atoms with van der Waals surface area (Å²) >= 11 is 6.12. The minimum absolute atomic E-state index is 0.121. The number of hydrogen-bond acceptors (Lipinski definition) is 5. The fourth-order valence-electron chi connectivity index (χ4n) is 7.26. The Morgan fingerprint density at radius 3 is 2.55 bits per heavy atom. The maximum absolute atomic E-state index is 14.1. The molecule has 1 aromatic carbocycles. The van der Waals surface area contributed by atoms with Gasteiger partial charge in [0.1, 0.15) is 11.6 Å². The molecule has 204 valence electrons. The van der Waals surface area contributed by atoms with E-state index >= 15 is 0 Å². The van der Waals surface area contributed by atoms with Crippen LogP contribution in [-0.4, -0.2) is 77.5 Å². The second kappa shape index (κ2) is 10.6. The van der Waals surface area contributed by atoms with Crippen molar-refractivity contribution in [2.45, 2.75) is 75.2 Å². The van der Waals surface area contributed by atoms with E-state index in [1.807, 2.05) is 12.2 Å². The number of carbonyl (C=O) groups is 3. The number of hydrogen-bond donors (Lipinski definition) is 2. The van der Waals surface area contributed by atoms with E-state index in [2.05, 4.69) is 15.5 Å². The highest BCUT2D eigenvalue weighted by Gasteiger charge is 2.72. The zero-order valence-electron chi connectivity index (χ0n) is 21.7. The summed E-state index contributed by atoms with van der Waals surface area (Å²) in [5.41, 5.74) is -0.555. The number of anilines is 1. The highest BCUT2D eigenvalue weighted by atomic mass is 35.5. The van der Waals surface area contributed by atoms with Gasteiger partial charge in [-0.25, -0.2) is 0 Å². The largest absolute Gasteiger partial charge is 0.359 e. The summed E-state index contributed by atoms with van der Waals surface area (Å²) in [7, 11) is 0. The average Bonchev–Trinajstić information content (AvgIpc) is 3.56.